The lowest BCUT2D eigenvalue weighted by atomic mass is 10.1. The van der Waals surface area contributed by atoms with E-state index in [9.17, 15) is 18.0 Å². The summed E-state index contributed by atoms with van der Waals surface area (Å²) in [6.45, 7) is 0.256. The average Bonchev–Trinajstić information content (AvgIpc) is 2.03. The summed E-state index contributed by atoms with van der Waals surface area (Å²) in [4.78, 5) is 10.6. The molecule has 70 valence electrons. The van der Waals surface area contributed by atoms with Gasteiger partial charge in [0, 0.05) is 6.61 Å². The smallest absolute Gasteiger partial charge is 0.370 e. The summed E-state index contributed by atoms with van der Waals surface area (Å²) in [6, 6.07) is 0. The van der Waals surface area contributed by atoms with Crippen molar-refractivity contribution in [3.63, 3.8) is 0 Å². The number of alkyl halides is 3. The SMILES string of the molecule is O=C(C1CCCCO1)C(F)(F)F. The first kappa shape index (κ1) is 9.51. The lowest BCUT2D eigenvalue weighted by molar-refractivity contribution is -0.184. The quantitative estimate of drug-likeness (QED) is 0.616. The molecule has 0 radical (unpaired) electrons. The fourth-order valence-electron chi connectivity index (χ4n) is 1.13. The Labute approximate surface area is 67.7 Å². The van der Waals surface area contributed by atoms with Crippen LogP contribution < -0.4 is 0 Å². The van der Waals surface area contributed by atoms with Crippen molar-refractivity contribution in [2.75, 3.05) is 6.61 Å². The van der Waals surface area contributed by atoms with Crippen molar-refractivity contribution in [2.45, 2.75) is 31.5 Å². The molecule has 1 aliphatic heterocycles. The molecule has 1 aliphatic rings. The van der Waals surface area contributed by atoms with Crippen LogP contribution in [-0.4, -0.2) is 24.7 Å². The Morgan fingerprint density at radius 3 is 2.42 bits per heavy atom. The van der Waals surface area contributed by atoms with Gasteiger partial charge in [-0.05, 0) is 19.3 Å². The van der Waals surface area contributed by atoms with E-state index in [4.69, 9.17) is 4.74 Å². The van der Waals surface area contributed by atoms with Crippen molar-refractivity contribution in [2.24, 2.45) is 0 Å². The second-order valence-electron chi connectivity index (χ2n) is 2.72. The molecule has 1 atom stereocenters. The lowest BCUT2D eigenvalue weighted by Gasteiger charge is -2.21. The zero-order chi connectivity index (χ0) is 9.19. The lowest BCUT2D eigenvalue weighted by Crippen LogP contribution is -2.38. The van der Waals surface area contributed by atoms with Crippen LogP contribution in [0.1, 0.15) is 19.3 Å². The standard InChI is InChI=1S/C7H9F3O2/c8-7(9,10)6(11)5-3-1-2-4-12-5/h5H,1-4H2. The number of carbonyl (C=O) groups is 1. The van der Waals surface area contributed by atoms with Crippen molar-refractivity contribution < 1.29 is 22.7 Å². The molecular weight excluding hydrogens is 173 g/mol. The Morgan fingerprint density at radius 2 is 2.00 bits per heavy atom. The Bertz CT molecular complexity index is 170. The molecule has 0 amide bonds. The highest BCUT2D eigenvalue weighted by molar-refractivity contribution is 5.88. The molecule has 2 nitrogen and oxygen atoms in total. The molecule has 1 unspecified atom stereocenters. The van der Waals surface area contributed by atoms with E-state index in [1.807, 2.05) is 0 Å². The number of hydrogen-bond acceptors (Lipinski definition) is 2. The first-order chi connectivity index (χ1) is 5.52. The average molecular weight is 182 g/mol. The number of carbonyl (C=O) groups excluding carboxylic acids is 1. The van der Waals surface area contributed by atoms with Crippen LogP contribution in [0, 0.1) is 0 Å². The van der Waals surface area contributed by atoms with E-state index < -0.39 is 18.1 Å². The van der Waals surface area contributed by atoms with Crippen LogP contribution in [0.15, 0.2) is 0 Å². The van der Waals surface area contributed by atoms with Gasteiger partial charge in [-0.15, -0.1) is 0 Å². The molecule has 12 heavy (non-hydrogen) atoms. The second-order valence-corrected chi connectivity index (χ2v) is 2.72. The number of ketones is 1. The molecule has 0 N–H and O–H groups in total. The minimum Gasteiger partial charge on any atom is -0.370 e. The summed E-state index contributed by atoms with van der Waals surface area (Å²) in [5.74, 6) is -1.75. The number of ether oxygens (including phenoxy) is 1. The fraction of sp³-hybridized carbons (Fsp3) is 0.857. The van der Waals surface area contributed by atoms with Crippen molar-refractivity contribution in [1.29, 1.82) is 0 Å². The highest BCUT2D eigenvalue weighted by atomic mass is 19.4. The molecule has 1 saturated heterocycles. The van der Waals surface area contributed by atoms with Gasteiger partial charge in [-0.3, -0.25) is 4.79 Å². The van der Waals surface area contributed by atoms with E-state index >= 15 is 0 Å². The van der Waals surface area contributed by atoms with Crippen LogP contribution in [0.2, 0.25) is 0 Å². The van der Waals surface area contributed by atoms with E-state index in [1.165, 1.54) is 0 Å². The van der Waals surface area contributed by atoms with Gasteiger partial charge in [0.25, 0.3) is 5.78 Å². The van der Waals surface area contributed by atoms with Gasteiger partial charge in [0.2, 0.25) is 0 Å². The van der Waals surface area contributed by atoms with Crippen molar-refractivity contribution in [3.8, 4) is 0 Å². The molecule has 0 bridgehead atoms. The van der Waals surface area contributed by atoms with Crippen LogP contribution in [-0.2, 0) is 9.53 Å². The molecular formula is C7H9F3O2. The summed E-state index contributed by atoms with van der Waals surface area (Å²) >= 11 is 0. The molecule has 0 aliphatic carbocycles. The minimum atomic E-state index is -4.75. The second kappa shape index (κ2) is 3.43. The maximum absolute atomic E-state index is 11.8. The topological polar surface area (TPSA) is 26.3 Å². The van der Waals surface area contributed by atoms with Gasteiger partial charge in [-0.2, -0.15) is 13.2 Å². The summed E-state index contributed by atoms with van der Waals surface area (Å²) in [6.07, 6.45) is -4.44. The van der Waals surface area contributed by atoms with Gasteiger partial charge < -0.3 is 4.74 Å². The summed E-state index contributed by atoms with van der Waals surface area (Å²) in [5, 5.41) is 0. The van der Waals surface area contributed by atoms with Gasteiger partial charge in [-0.25, -0.2) is 0 Å². The summed E-state index contributed by atoms with van der Waals surface area (Å²) in [7, 11) is 0. The van der Waals surface area contributed by atoms with E-state index in [-0.39, 0.29) is 13.0 Å². The van der Waals surface area contributed by atoms with E-state index in [2.05, 4.69) is 0 Å². The largest absolute Gasteiger partial charge is 0.452 e. The molecule has 0 aromatic carbocycles. The molecule has 0 aromatic rings. The number of Topliss-reactive ketones (excluding diaryl/α,β-unsaturated/α-hetero) is 1. The third kappa shape index (κ3) is 2.20. The maximum atomic E-state index is 11.8. The zero-order valence-electron chi connectivity index (χ0n) is 6.36. The predicted molar refractivity (Wildman–Crippen MR) is 34.7 cm³/mol. The van der Waals surface area contributed by atoms with Crippen molar-refractivity contribution >= 4 is 5.78 Å². The van der Waals surface area contributed by atoms with Crippen LogP contribution in [0.5, 0.6) is 0 Å². The predicted octanol–water partition coefficient (Wildman–Crippen LogP) is 1.69. The molecule has 1 rings (SSSR count). The minimum absolute atomic E-state index is 0.193. The van der Waals surface area contributed by atoms with Gasteiger partial charge in [0.05, 0.1) is 0 Å². The first-order valence-corrected chi connectivity index (χ1v) is 3.74. The van der Waals surface area contributed by atoms with Gasteiger partial charge in [-0.1, -0.05) is 0 Å². The molecule has 1 fully saturated rings. The summed E-state index contributed by atoms with van der Waals surface area (Å²) in [5.41, 5.74) is 0. The van der Waals surface area contributed by atoms with Crippen LogP contribution in [0.4, 0.5) is 13.2 Å². The van der Waals surface area contributed by atoms with Crippen molar-refractivity contribution in [3.05, 3.63) is 0 Å². The number of hydrogen-bond donors (Lipinski definition) is 0. The highest BCUT2D eigenvalue weighted by Gasteiger charge is 2.44. The van der Waals surface area contributed by atoms with Gasteiger partial charge >= 0.3 is 6.18 Å². The Kier molecular flexibility index (Phi) is 2.72. The van der Waals surface area contributed by atoms with Gasteiger partial charge in [0.1, 0.15) is 6.10 Å². The van der Waals surface area contributed by atoms with Crippen LogP contribution in [0.3, 0.4) is 0 Å². The molecule has 0 saturated carbocycles. The van der Waals surface area contributed by atoms with E-state index in [0.717, 1.165) is 6.42 Å². The number of rotatable bonds is 1. The Hall–Kier alpha value is -0.580. The fourth-order valence-corrected chi connectivity index (χ4v) is 1.13. The molecule has 0 spiro atoms. The normalized spacial score (nSPS) is 25.4. The van der Waals surface area contributed by atoms with Crippen LogP contribution >= 0.6 is 0 Å². The van der Waals surface area contributed by atoms with E-state index in [0.29, 0.717) is 6.42 Å². The molecule has 0 aromatic heterocycles. The Morgan fingerprint density at radius 1 is 1.33 bits per heavy atom. The monoisotopic (exact) mass is 182 g/mol. The highest BCUT2D eigenvalue weighted by Crippen LogP contribution is 2.23. The number of halogens is 3. The Balaban J connectivity index is 2.51. The van der Waals surface area contributed by atoms with Crippen LogP contribution in [0.25, 0.3) is 0 Å². The molecule has 5 heteroatoms. The summed E-state index contributed by atoms with van der Waals surface area (Å²) < 4.78 is 40.1. The third-order valence-corrected chi connectivity index (χ3v) is 1.75. The third-order valence-electron chi connectivity index (χ3n) is 1.75. The molecule has 1 heterocycles. The maximum Gasteiger partial charge on any atom is 0.452 e. The first-order valence-electron chi connectivity index (χ1n) is 3.74. The van der Waals surface area contributed by atoms with Gasteiger partial charge in [0.15, 0.2) is 0 Å². The zero-order valence-corrected chi connectivity index (χ0v) is 6.36. The van der Waals surface area contributed by atoms with Crippen molar-refractivity contribution in [1.82, 2.24) is 0 Å². The van der Waals surface area contributed by atoms with E-state index in [1.54, 1.807) is 0 Å².